The molecule has 0 bridgehead atoms. The predicted molar refractivity (Wildman–Crippen MR) is 83.5 cm³/mol. The highest BCUT2D eigenvalue weighted by molar-refractivity contribution is 5.75. The summed E-state index contributed by atoms with van der Waals surface area (Å²) in [6, 6.07) is 8.51. The Morgan fingerprint density at radius 1 is 1.25 bits per heavy atom. The Morgan fingerprint density at radius 3 is 2.35 bits per heavy atom. The van der Waals surface area contributed by atoms with Gasteiger partial charge in [0.1, 0.15) is 0 Å². The van der Waals surface area contributed by atoms with E-state index in [1.54, 1.807) is 0 Å². The van der Waals surface area contributed by atoms with E-state index in [0.29, 0.717) is 13.1 Å². The highest BCUT2D eigenvalue weighted by Gasteiger charge is 2.12. The first-order valence-corrected chi connectivity index (χ1v) is 6.82. The Bertz CT molecular complexity index is 430. The molecule has 0 fully saturated rings. The number of nitrogens with zero attached hydrogens (tertiary/aromatic N) is 1. The van der Waals surface area contributed by atoms with Crippen molar-refractivity contribution in [1.82, 2.24) is 5.32 Å². The molecule has 0 aliphatic rings. The molecule has 0 radical (unpaired) electrons. The summed E-state index contributed by atoms with van der Waals surface area (Å²) in [5.74, 6) is 0.00168. The number of aliphatic hydroxyl groups excluding tert-OH is 1. The van der Waals surface area contributed by atoms with Crippen LogP contribution in [-0.2, 0) is 12.0 Å². The van der Waals surface area contributed by atoms with E-state index in [4.69, 9.17) is 11.5 Å². The van der Waals surface area contributed by atoms with E-state index in [2.05, 4.69) is 55.3 Å². The van der Waals surface area contributed by atoms with Crippen molar-refractivity contribution in [3.63, 3.8) is 0 Å². The van der Waals surface area contributed by atoms with Crippen LogP contribution in [0.4, 0.5) is 0 Å². The molecule has 0 aliphatic carbocycles. The number of guanidine groups is 1. The molecule has 112 valence electrons. The summed E-state index contributed by atoms with van der Waals surface area (Å²) < 4.78 is 0. The molecule has 0 aromatic heterocycles. The Labute approximate surface area is 121 Å². The number of aliphatic hydroxyl groups is 1. The SMILES string of the molecule is CC(C)(C)c1ccc(CNCC(O)CN=C(N)N)cc1. The second-order valence-electron chi connectivity index (χ2n) is 6.00. The van der Waals surface area contributed by atoms with E-state index in [0.717, 1.165) is 0 Å². The molecule has 0 saturated heterocycles. The highest BCUT2D eigenvalue weighted by atomic mass is 16.3. The molecule has 1 aromatic carbocycles. The monoisotopic (exact) mass is 278 g/mol. The number of nitrogens with two attached hydrogens (primary N) is 2. The maximum absolute atomic E-state index is 9.65. The minimum Gasteiger partial charge on any atom is -0.390 e. The number of rotatable bonds is 6. The lowest BCUT2D eigenvalue weighted by molar-refractivity contribution is 0.180. The number of aliphatic imine (C=N–C) groups is 1. The van der Waals surface area contributed by atoms with Crippen LogP contribution in [0.5, 0.6) is 0 Å². The third kappa shape index (κ3) is 6.04. The van der Waals surface area contributed by atoms with Crippen molar-refractivity contribution in [2.24, 2.45) is 16.5 Å². The van der Waals surface area contributed by atoms with Gasteiger partial charge in [0.15, 0.2) is 5.96 Å². The van der Waals surface area contributed by atoms with Gasteiger partial charge in [0, 0.05) is 13.1 Å². The smallest absolute Gasteiger partial charge is 0.185 e. The van der Waals surface area contributed by atoms with Crippen LogP contribution in [0.1, 0.15) is 31.9 Å². The fourth-order valence-electron chi connectivity index (χ4n) is 1.78. The third-order valence-electron chi connectivity index (χ3n) is 3.01. The van der Waals surface area contributed by atoms with Gasteiger partial charge < -0.3 is 21.9 Å². The van der Waals surface area contributed by atoms with Gasteiger partial charge in [0.2, 0.25) is 0 Å². The van der Waals surface area contributed by atoms with E-state index < -0.39 is 6.10 Å². The van der Waals surface area contributed by atoms with Crippen molar-refractivity contribution in [1.29, 1.82) is 0 Å². The number of hydrogen-bond donors (Lipinski definition) is 4. The number of nitrogens with one attached hydrogen (secondary N) is 1. The zero-order valence-electron chi connectivity index (χ0n) is 12.6. The second-order valence-corrected chi connectivity index (χ2v) is 6.00. The van der Waals surface area contributed by atoms with E-state index in [-0.39, 0.29) is 17.9 Å². The van der Waals surface area contributed by atoms with Gasteiger partial charge >= 0.3 is 0 Å². The molecule has 0 spiro atoms. The molecule has 1 unspecified atom stereocenters. The van der Waals surface area contributed by atoms with Crippen molar-refractivity contribution < 1.29 is 5.11 Å². The van der Waals surface area contributed by atoms with E-state index in [9.17, 15) is 5.11 Å². The molecule has 20 heavy (non-hydrogen) atoms. The van der Waals surface area contributed by atoms with Crippen LogP contribution in [0.15, 0.2) is 29.3 Å². The van der Waals surface area contributed by atoms with E-state index >= 15 is 0 Å². The molecule has 5 nitrogen and oxygen atoms in total. The average molecular weight is 278 g/mol. The molecule has 0 saturated carbocycles. The maximum atomic E-state index is 9.65. The standard InChI is InChI=1S/C15H26N4O/c1-15(2,3)12-6-4-11(5-7-12)8-18-9-13(20)10-19-14(16)17/h4-7,13,18,20H,8-10H2,1-3H3,(H4,16,17,19). The van der Waals surface area contributed by atoms with Gasteiger partial charge in [0.05, 0.1) is 12.6 Å². The largest absolute Gasteiger partial charge is 0.390 e. The van der Waals surface area contributed by atoms with Crippen molar-refractivity contribution in [2.45, 2.75) is 38.8 Å². The summed E-state index contributed by atoms with van der Waals surface area (Å²) in [6.45, 7) is 7.97. The van der Waals surface area contributed by atoms with Gasteiger partial charge in [-0.2, -0.15) is 0 Å². The lowest BCUT2D eigenvalue weighted by atomic mass is 9.87. The Kier molecular flexibility index (Phi) is 5.98. The summed E-state index contributed by atoms with van der Waals surface area (Å²) >= 11 is 0. The molecule has 6 N–H and O–H groups in total. The molecule has 1 atom stereocenters. The first-order chi connectivity index (χ1) is 9.29. The number of hydrogen-bond acceptors (Lipinski definition) is 3. The van der Waals surface area contributed by atoms with Gasteiger partial charge in [-0.05, 0) is 16.5 Å². The van der Waals surface area contributed by atoms with Crippen molar-refractivity contribution in [3.05, 3.63) is 35.4 Å². The fraction of sp³-hybridized carbons (Fsp3) is 0.533. The van der Waals surface area contributed by atoms with Crippen LogP contribution < -0.4 is 16.8 Å². The normalized spacial score (nSPS) is 13.0. The van der Waals surface area contributed by atoms with Gasteiger partial charge in [0.25, 0.3) is 0 Å². The first kappa shape index (κ1) is 16.5. The third-order valence-corrected chi connectivity index (χ3v) is 3.01. The molecule has 0 amide bonds. The lowest BCUT2D eigenvalue weighted by Crippen LogP contribution is -2.31. The summed E-state index contributed by atoms with van der Waals surface area (Å²) in [4.78, 5) is 3.77. The molecular weight excluding hydrogens is 252 g/mol. The summed E-state index contributed by atoms with van der Waals surface area (Å²) in [6.07, 6.45) is -0.578. The lowest BCUT2D eigenvalue weighted by Gasteiger charge is -2.19. The minimum absolute atomic E-state index is 0.00168. The van der Waals surface area contributed by atoms with Crippen molar-refractivity contribution >= 4 is 5.96 Å². The van der Waals surface area contributed by atoms with E-state index in [1.807, 2.05) is 0 Å². The second kappa shape index (κ2) is 7.26. The summed E-state index contributed by atoms with van der Waals surface area (Å²) in [5, 5.41) is 12.8. The molecule has 5 heteroatoms. The zero-order chi connectivity index (χ0) is 15.2. The topological polar surface area (TPSA) is 96.7 Å². The van der Waals surface area contributed by atoms with Crippen LogP contribution in [0, 0.1) is 0 Å². The quantitative estimate of drug-likeness (QED) is 0.455. The Balaban J connectivity index is 2.37. The first-order valence-electron chi connectivity index (χ1n) is 6.82. The van der Waals surface area contributed by atoms with Gasteiger partial charge in [-0.3, -0.25) is 4.99 Å². The van der Waals surface area contributed by atoms with Gasteiger partial charge in [-0.15, -0.1) is 0 Å². The molecule has 1 rings (SSSR count). The number of benzene rings is 1. The Morgan fingerprint density at radius 2 is 1.85 bits per heavy atom. The summed E-state index contributed by atoms with van der Waals surface area (Å²) in [5.41, 5.74) is 13.1. The van der Waals surface area contributed by atoms with Crippen LogP contribution in [0.3, 0.4) is 0 Å². The van der Waals surface area contributed by atoms with Crippen LogP contribution in [0.25, 0.3) is 0 Å². The fourth-order valence-corrected chi connectivity index (χ4v) is 1.78. The molecule has 0 aliphatic heterocycles. The van der Waals surface area contributed by atoms with Crippen LogP contribution >= 0.6 is 0 Å². The van der Waals surface area contributed by atoms with Crippen LogP contribution in [-0.4, -0.2) is 30.3 Å². The minimum atomic E-state index is -0.578. The molecule has 0 heterocycles. The van der Waals surface area contributed by atoms with Crippen LogP contribution in [0.2, 0.25) is 0 Å². The van der Waals surface area contributed by atoms with Gasteiger partial charge in [-0.1, -0.05) is 45.0 Å². The van der Waals surface area contributed by atoms with Gasteiger partial charge in [-0.25, -0.2) is 0 Å². The highest BCUT2D eigenvalue weighted by Crippen LogP contribution is 2.22. The molecular formula is C15H26N4O. The average Bonchev–Trinajstić information content (AvgIpc) is 2.36. The predicted octanol–water partition coefficient (Wildman–Crippen LogP) is 0.708. The van der Waals surface area contributed by atoms with Crippen molar-refractivity contribution in [3.8, 4) is 0 Å². The van der Waals surface area contributed by atoms with E-state index in [1.165, 1.54) is 11.1 Å². The molecule has 1 aromatic rings. The maximum Gasteiger partial charge on any atom is 0.185 e. The zero-order valence-corrected chi connectivity index (χ0v) is 12.6. The Hall–Kier alpha value is -1.59. The summed E-state index contributed by atoms with van der Waals surface area (Å²) in [7, 11) is 0. The van der Waals surface area contributed by atoms with Crippen molar-refractivity contribution in [2.75, 3.05) is 13.1 Å².